The van der Waals surface area contributed by atoms with Crippen LogP contribution in [-0.2, 0) is 10.0 Å². The Labute approximate surface area is 116 Å². The smallest absolute Gasteiger partial charge is 0.270 e. The summed E-state index contributed by atoms with van der Waals surface area (Å²) in [7, 11) is -4.00. The molecule has 0 saturated carbocycles. The maximum absolute atomic E-state index is 12.4. The minimum absolute atomic E-state index is 0.189. The van der Waals surface area contributed by atoms with Gasteiger partial charge in [-0.05, 0) is 12.5 Å². The first-order valence-corrected chi connectivity index (χ1v) is 7.25. The van der Waals surface area contributed by atoms with Crippen molar-refractivity contribution in [2.24, 2.45) is 0 Å². The minimum Gasteiger partial charge on any atom is -0.395 e. The first kappa shape index (κ1) is 16.5. The van der Waals surface area contributed by atoms with Crippen molar-refractivity contribution in [3.05, 3.63) is 33.9 Å². The molecule has 0 radical (unpaired) electrons. The zero-order valence-electron chi connectivity index (χ0n) is 10.9. The van der Waals surface area contributed by atoms with E-state index in [2.05, 4.69) is 0 Å². The van der Waals surface area contributed by atoms with Crippen LogP contribution < -0.4 is 0 Å². The molecule has 0 amide bonds. The first-order chi connectivity index (χ1) is 9.34. The number of non-ortho nitro benzene ring substituents is 1. The van der Waals surface area contributed by atoms with Crippen molar-refractivity contribution in [3.8, 4) is 0 Å². The van der Waals surface area contributed by atoms with Gasteiger partial charge < -0.3 is 10.2 Å². The monoisotopic (exact) mass is 304 g/mol. The molecule has 0 saturated heterocycles. The Kier molecular flexibility index (Phi) is 5.57. The molecule has 0 heterocycles. The van der Waals surface area contributed by atoms with E-state index in [-0.39, 0.29) is 23.7 Å². The lowest BCUT2D eigenvalue weighted by atomic mass is 10.2. The zero-order valence-corrected chi connectivity index (χ0v) is 11.7. The number of sulfonamides is 1. The number of hydrogen-bond donors (Lipinski definition) is 2. The van der Waals surface area contributed by atoms with E-state index in [0.29, 0.717) is 5.56 Å². The fourth-order valence-corrected chi connectivity index (χ4v) is 3.36. The van der Waals surface area contributed by atoms with E-state index < -0.39 is 28.2 Å². The molecular weight excluding hydrogens is 288 g/mol. The number of benzene rings is 1. The minimum atomic E-state index is -4.00. The van der Waals surface area contributed by atoms with Crippen molar-refractivity contribution >= 4 is 15.7 Å². The van der Waals surface area contributed by atoms with Crippen LogP contribution in [0.4, 0.5) is 5.69 Å². The largest absolute Gasteiger partial charge is 0.395 e. The maximum Gasteiger partial charge on any atom is 0.270 e. The molecule has 1 aromatic carbocycles. The van der Waals surface area contributed by atoms with Crippen LogP contribution >= 0.6 is 0 Å². The predicted molar refractivity (Wildman–Crippen MR) is 70.8 cm³/mol. The molecule has 0 bridgehead atoms. The van der Waals surface area contributed by atoms with Gasteiger partial charge in [0.15, 0.2) is 0 Å². The lowest BCUT2D eigenvalue weighted by Gasteiger charge is -2.21. The standard InChI is InChI=1S/C11H16N2O6S/c1-9-2-3-10(13(16)17)8-11(9)20(18,19)12(4-6-14)5-7-15/h2-3,8,14-15H,4-7H2,1H3. The summed E-state index contributed by atoms with van der Waals surface area (Å²) in [6.45, 7) is 0.323. The van der Waals surface area contributed by atoms with Crippen LogP contribution in [0, 0.1) is 17.0 Å². The van der Waals surface area contributed by atoms with Gasteiger partial charge in [-0.1, -0.05) is 6.07 Å². The van der Waals surface area contributed by atoms with Crippen LogP contribution in [0.25, 0.3) is 0 Å². The molecular formula is C11H16N2O6S. The molecule has 0 unspecified atom stereocenters. The zero-order chi connectivity index (χ0) is 15.3. The SMILES string of the molecule is Cc1ccc([N+](=O)[O-])cc1S(=O)(=O)N(CCO)CCO. The summed E-state index contributed by atoms with van der Waals surface area (Å²) in [5, 5.41) is 28.5. The molecule has 20 heavy (non-hydrogen) atoms. The Morgan fingerprint density at radius 3 is 2.25 bits per heavy atom. The quantitative estimate of drug-likeness (QED) is 0.535. The molecule has 0 atom stereocenters. The van der Waals surface area contributed by atoms with Crippen LogP contribution in [0.2, 0.25) is 0 Å². The van der Waals surface area contributed by atoms with E-state index in [4.69, 9.17) is 10.2 Å². The van der Waals surface area contributed by atoms with E-state index >= 15 is 0 Å². The Morgan fingerprint density at radius 1 is 1.25 bits per heavy atom. The molecule has 9 heteroatoms. The fourth-order valence-electron chi connectivity index (χ4n) is 1.69. The van der Waals surface area contributed by atoms with Gasteiger partial charge in [0.1, 0.15) is 0 Å². The second-order valence-corrected chi connectivity index (χ2v) is 5.96. The number of hydrogen-bond acceptors (Lipinski definition) is 6. The van der Waals surface area contributed by atoms with Crippen molar-refractivity contribution in [1.29, 1.82) is 0 Å². The molecule has 0 spiro atoms. The van der Waals surface area contributed by atoms with Crippen LogP contribution in [0.5, 0.6) is 0 Å². The van der Waals surface area contributed by atoms with Gasteiger partial charge in [0, 0.05) is 25.2 Å². The van der Waals surface area contributed by atoms with Crippen LogP contribution in [0.15, 0.2) is 23.1 Å². The van der Waals surface area contributed by atoms with Gasteiger partial charge >= 0.3 is 0 Å². The number of aliphatic hydroxyl groups excluding tert-OH is 2. The topological polar surface area (TPSA) is 121 Å². The number of rotatable bonds is 7. The van der Waals surface area contributed by atoms with Gasteiger partial charge in [-0.25, -0.2) is 8.42 Å². The fraction of sp³-hybridized carbons (Fsp3) is 0.455. The average molecular weight is 304 g/mol. The number of nitro benzene ring substituents is 1. The van der Waals surface area contributed by atoms with E-state index in [0.717, 1.165) is 10.4 Å². The highest BCUT2D eigenvalue weighted by Crippen LogP contribution is 2.24. The highest BCUT2D eigenvalue weighted by atomic mass is 32.2. The third-order valence-corrected chi connectivity index (χ3v) is 4.74. The summed E-state index contributed by atoms with van der Waals surface area (Å²) in [5.74, 6) is 0. The first-order valence-electron chi connectivity index (χ1n) is 5.81. The number of aryl methyl sites for hydroxylation is 1. The maximum atomic E-state index is 12.4. The summed E-state index contributed by atoms with van der Waals surface area (Å²) in [6.07, 6.45) is 0. The molecule has 112 valence electrons. The third kappa shape index (κ3) is 3.51. The highest BCUT2D eigenvalue weighted by Gasteiger charge is 2.27. The highest BCUT2D eigenvalue weighted by molar-refractivity contribution is 7.89. The Balaban J connectivity index is 3.32. The van der Waals surface area contributed by atoms with Crippen molar-refractivity contribution in [3.63, 3.8) is 0 Å². The van der Waals surface area contributed by atoms with Crippen LogP contribution in [0.1, 0.15) is 5.56 Å². The molecule has 0 aliphatic rings. The average Bonchev–Trinajstić information content (AvgIpc) is 2.38. The molecule has 0 fully saturated rings. The summed E-state index contributed by atoms with van der Waals surface area (Å²) in [6, 6.07) is 3.55. The van der Waals surface area contributed by atoms with Crippen molar-refractivity contribution in [2.45, 2.75) is 11.8 Å². The third-order valence-electron chi connectivity index (χ3n) is 2.70. The molecule has 8 nitrogen and oxygen atoms in total. The second kappa shape index (κ2) is 6.75. The predicted octanol–water partition coefficient (Wildman–Crippen LogP) is -0.121. The van der Waals surface area contributed by atoms with Gasteiger partial charge in [-0.3, -0.25) is 10.1 Å². The van der Waals surface area contributed by atoms with Gasteiger partial charge in [0.05, 0.1) is 23.0 Å². The number of nitrogens with zero attached hydrogens (tertiary/aromatic N) is 2. The van der Waals surface area contributed by atoms with E-state index in [1.165, 1.54) is 19.1 Å². The van der Waals surface area contributed by atoms with Gasteiger partial charge in [0.2, 0.25) is 10.0 Å². The van der Waals surface area contributed by atoms with E-state index in [9.17, 15) is 18.5 Å². The molecule has 0 aromatic heterocycles. The summed E-state index contributed by atoms with van der Waals surface area (Å²) < 4.78 is 25.7. The van der Waals surface area contributed by atoms with Crippen LogP contribution in [0.3, 0.4) is 0 Å². The normalized spacial score (nSPS) is 11.8. The molecule has 1 aromatic rings. The number of nitro groups is 1. The second-order valence-electron chi connectivity index (χ2n) is 4.06. The number of aliphatic hydroxyl groups is 2. The van der Waals surface area contributed by atoms with Gasteiger partial charge in [-0.15, -0.1) is 0 Å². The lowest BCUT2D eigenvalue weighted by molar-refractivity contribution is -0.385. The molecule has 0 aliphatic carbocycles. The van der Waals surface area contributed by atoms with E-state index in [1.807, 2.05) is 0 Å². The summed E-state index contributed by atoms with van der Waals surface area (Å²) in [4.78, 5) is 9.85. The van der Waals surface area contributed by atoms with Gasteiger partial charge in [0.25, 0.3) is 5.69 Å². The molecule has 0 aliphatic heterocycles. The Morgan fingerprint density at radius 2 is 1.80 bits per heavy atom. The summed E-state index contributed by atoms with van der Waals surface area (Å²) in [5.41, 5.74) is 0.0265. The van der Waals surface area contributed by atoms with Crippen molar-refractivity contribution in [2.75, 3.05) is 26.3 Å². The summed E-state index contributed by atoms with van der Waals surface area (Å²) >= 11 is 0. The van der Waals surface area contributed by atoms with Crippen LogP contribution in [-0.4, -0.2) is 54.2 Å². The lowest BCUT2D eigenvalue weighted by Crippen LogP contribution is -2.36. The van der Waals surface area contributed by atoms with Crippen molar-refractivity contribution in [1.82, 2.24) is 4.31 Å². The van der Waals surface area contributed by atoms with Crippen molar-refractivity contribution < 1.29 is 23.6 Å². The Hall–Kier alpha value is -1.55. The van der Waals surface area contributed by atoms with E-state index in [1.54, 1.807) is 0 Å². The molecule has 2 N–H and O–H groups in total. The molecule has 1 rings (SSSR count). The Bertz CT molecular complexity index is 581. The van der Waals surface area contributed by atoms with Gasteiger partial charge in [-0.2, -0.15) is 4.31 Å².